The SMILES string of the molecule is COC.COC(=O)c1cc(C=O)cc(N2CCCCS2)c1. The highest BCUT2D eigenvalue weighted by atomic mass is 32.2. The fraction of sp³-hybridized carbons (Fsp3) is 0.467. The molecular weight excluding hydrogens is 290 g/mol. The summed E-state index contributed by atoms with van der Waals surface area (Å²) < 4.78 is 11.1. The van der Waals surface area contributed by atoms with Crippen LogP contribution >= 0.6 is 11.9 Å². The van der Waals surface area contributed by atoms with Crippen LogP contribution < -0.4 is 4.31 Å². The average molecular weight is 311 g/mol. The highest BCUT2D eigenvalue weighted by molar-refractivity contribution is 8.00. The predicted molar refractivity (Wildman–Crippen MR) is 85.1 cm³/mol. The summed E-state index contributed by atoms with van der Waals surface area (Å²) in [5, 5.41) is 0. The van der Waals surface area contributed by atoms with Gasteiger partial charge in [-0.15, -0.1) is 0 Å². The summed E-state index contributed by atoms with van der Waals surface area (Å²) in [7, 11) is 4.59. The third kappa shape index (κ3) is 5.40. The molecule has 0 radical (unpaired) electrons. The quantitative estimate of drug-likeness (QED) is 0.486. The van der Waals surface area contributed by atoms with E-state index >= 15 is 0 Å². The molecule has 0 aliphatic carbocycles. The zero-order valence-electron chi connectivity index (χ0n) is 12.6. The van der Waals surface area contributed by atoms with Gasteiger partial charge in [-0.1, -0.05) is 0 Å². The first-order chi connectivity index (χ1) is 10.2. The van der Waals surface area contributed by atoms with Crippen LogP contribution in [-0.2, 0) is 9.47 Å². The minimum Gasteiger partial charge on any atom is -0.465 e. The Bertz CT molecular complexity index is 473. The summed E-state index contributed by atoms with van der Waals surface area (Å²) in [6.07, 6.45) is 3.09. The Morgan fingerprint density at radius 2 is 1.95 bits per heavy atom. The molecule has 1 aromatic rings. The minimum atomic E-state index is -0.415. The number of aldehydes is 1. The number of benzene rings is 1. The first kappa shape index (κ1) is 17.5. The molecule has 116 valence electrons. The summed E-state index contributed by atoms with van der Waals surface area (Å²) in [6, 6.07) is 5.13. The van der Waals surface area contributed by atoms with Gasteiger partial charge in [0.1, 0.15) is 6.29 Å². The van der Waals surface area contributed by atoms with Crippen molar-refractivity contribution < 1.29 is 19.1 Å². The fourth-order valence-electron chi connectivity index (χ4n) is 1.88. The first-order valence-corrected chi connectivity index (χ1v) is 7.59. The molecule has 0 atom stereocenters. The van der Waals surface area contributed by atoms with Crippen LogP contribution in [-0.4, -0.2) is 45.9 Å². The van der Waals surface area contributed by atoms with Crippen molar-refractivity contribution in [3.63, 3.8) is 0 Å². The van der Waals surface area contributed by atoms with Gasteiger partial charge in [-0.2, -0.15) is 0 Å². The maximum Gasteiger partial charge on any atom is 0.337 e. The Labute approximate surface area is 129 Å². The lowest BCUT2D eigenvalue weighted by Crippen LogP contribution is -2.21. The molecule has 0 N–H and O–H groups in total. The summed E-state index contributed by atoms with van der Waals surface area (Å²) in [5.41, 5.74) is 1.81. The van der Waals surface area contributed by atoms with E-state index in [0.717, 1.165) is 30.7 Å². The van der Waals surface area contributed by atoms with Gasteiger partial charge in [-0.3, -0.25) is 4.79 Å². The molecule has 21 heavy (non-hydrogen) atoms. The predicted octanol–water partition coefficient (Wildman–Crippen LogP) is 2.80. The first-order valence-electron chi connectivity index (χ1n) is 6.65. The van der Waals surface area contributed by atoms with Crippen LogP contribution in [0.2, 0.25) is 0 Å². The Hall–Kier alpha value is -1.53. The van der Waals surface area contributed by atoms with Crippen LogP contribution in [0, 0.1) is 0 Å². The van der Waals surface area contributed by atoms with Crippen molar-refractivity contribution in [1.82, 2.24) is 0 Å². The third-order valence-electron chi connectivity index (χ3n) is 2.79. The lowest BCUT2D eigenvalue weighted by atomic mass is 10.1. The topological polar surface area (TPSA) is 55.8 Å². The summed E-state index contributed by atoms with van der Waals surface area (Å²) in [4.78, 5) is 22.5. The van der Waals surface area contributed by atoms with Crippen LogP contribution in [0.15, 0.2) is 18.2 Å². The second kappa shape index (κ2) is 9.41. The van der Waals surface area contributed by atoms with Crippen molar-refractivity contribution >= 4 is 29.9 Å². The number of nitrogens with zero attached hydrogens (tertiary/aromatic N) is 1. The lowest BCUT2D eigenvalue weighted by Gasteiger charge is -2.27. The van der Waals surface area contributed by atoms with Gasteiger partial charge in [0.25, 0.3) is 0 Å². The minimum absolute atomic E-state index is 0.415. The Kier molecular flexibility index (Phi) is 7.85. The second-order valence-electron chi connectivity index (χ2n) is 4.47. The normalized spacial score (nSPS) is 14.0. The maximum atomic E-state index is 11.6. The number of carbonyl (C=O) groups is 2. The molecule has 1 aromatic carbocycles. The molecule has 0 amide bonds. The number of methoxy groups -OCH3 is 2. The van der Waals surface area contributed by atoms with Gasteiger partial charge < -0.3 is 13.8 Å². The van der Waals surface area contributed by atoms with Gasteiger partial charge in [0.2, 0.25) is 0 Å². The highest BCUT2D eigenvalue weighted by Crippen LogP contribution is 2.29. The molecule has 5 nitrogen and oxygen atoms in total. The maximum absolute atomic E-state index is 11.6. The van der Waals surface area contributed by atoms with Crippen molar-refractivity contribution in [1.29, 1.82) is 0 Å². The number of anilines is 1. The molecule has 1 fully saturated rings. The number of rotatable bonds is 3. The van der Waals surface area contributed by atoms with Crippen LogP contribution in [0.3, 0.4) is 0 Å². The number of hydrogen-bond acceptors (Lipinski definition) is 6. The molecule has 0 unspecified atom stereocenters. The molecule has 1 saturated heterocycles. The monoisotopic (exact) mass is 311 g/mol. The lowest BCUT2D eigenvalue weighted by molar-refractivity contribution is 0.0600. The van der Waals surface area contributed by atoms with E-state index in [1.165, 1.54) is 13.5 Å². The molecule has 0 saturated carbocycles. The average Bonchev–Trinajstić information content (AvgIpc) is 2.55. The Balaban J connectivity index is 0.000000677. The molecule has 1 aliphatic heterocycles. The summed E-state index contributed by atoms with van der Waals surface area (Å²) in [5.74, 6) is 0.653. The van der Waals surface area contributed by atoms with Gasteiger partial charge >= 0.3 is 5.97 Å². The van der Waals surface area contributed by atoms with Gasteiger partial charge in [-0.25, -0.2) is 4.79 Å². The largest absolute Gasteiger partial charge is 0.465 e. The number of hydrogen-bond donors (Lipinski definition) is 0. The zero-order chi connectivity index (χ0) is 15.7. The smallest absolute Gasteiger partial charge is 0.337 e. The van der Waals surface area contributed by atoms with Crippen LogP contribution in [0.25, 0.3) is 0 Å². The van der Waals surface area contributed by atoms with Crippen molar-refractivity contribution in [2.45, 2.75) is 12.8 Å². The van der Waals surface area contributed by atoms with E-state index in [4.69, 9.17) is 4.74 Å². The van der Waals surface area contributed by atoms with Crippen molar-refractivity contribution in [2.75, 3.05) is 37.9 Å². The molecule has 0 spiro atoms. The Morgan fingerprint density at radius 1 is 1.24 bits per heavy atom. The molecule has 1 heterocycles. The molecule has 1 aliphatic rings. The summed E-state index contributed by atoms with van der Waals surface area (Å²) >= 11 is 1.73. The zero-order valence-corrected chi connectivity index (χ0v) is 13.4. The van der Waals surface area contributed by atoms with Crippen LogP contribution in [0.1, 0.15) is 33.6 Å². The van der Waals surface area contributed by atoms with E-state index in [1.807, 2.05) is 0 Å². The number of ether oxygens (including phenoxy) is 2. The highest BCUT2D eigenvalue weighted by Gasteiger charge is 2.15. The van der Waals surface area contributed by atoms with Crippen LogP contribution in [0.5, 0.6) is 0 Å². The molecule has 0 bridgehead atoms. The van der Waals surface area contributed by atoms with Gasteiger partial charge in [0.15, 0.2) is 0 Å². The van der Waals surface area contributed by atoms with E-state index in [1.54, 1.807) is 44.4 Å². The van der Waals surface area contributed by atoms with E-state index < -0.39 is 5.97 Å². The molecule has 2 rings (SSSR count). The van der Waals surface area contributed by atoms with Crippen molar-refractivity contribution in [2.24, 2.45) is 0 Å². The number of esters is 1. The van der Waals surface area contributed by atoms with E-state index in [2.05, 4.69) is 9.04 Å². The second-order valence-corrected chi connectivity index (χ2v) is 5.58. The Morgan fingerprint density at radius 3 is 2.48 bits per heavy atom. The van der Waals surface area contributed by atoms with E-state index in [9.17, 15) is 9.59 Å². The molecule has 0 aromatic heterocycles. The van der Waals surface area contributed by atoms with E-state index in [-0.39, 0.29) is 0 Å². The van der Waals surface area contributed by atoms with Gasteiger partial charge in [0.05, 0.1) is 12.7 Å². The molecule has 6 heteroatoms. The molecular formula is C15H21NO4S. The van der Waals surface area contributed by atoms with Crippen molar-refractivity contribution in [3.05, 3.63) is 29.3 Å². The third-order valence-corrected chi connectivity index (χ3v) is 3.96. The standard InChI is InChI=1S/C13H15NO3S.C2H6O/c1-17-13(16)11-6-10(9-15)7-12(8-11)14-4-2-3-5-18-14;1-3-2/h6-9H,2-5H2,1H3;1-2H3. The van der Waals surface area contributed by atoms with Gasteiger partial charge in [-0.05, 0) is 43.0 Å². The number of carbonyl (C=O) groups excluding carboxylic acids is 2. The van der Waals surface area contributed by atoms with Crippen molar-refractivity contribution in [3.8, 4) is 0 Å². The van der Waals surface area contributed by atoms with Gasteiger partial charge in [0, 0.05) is 37.8 Å². The fourth-order valence-corrected chi connectivity index (χ4v) is 2.95. The van der Waals surface area contributed by atoms with Crippen LogP contribution in [0.4, 0.5) is 5.69 Å². The van der Waals surface area contributed by atoms with E-state index in [0.29, 0.717) is 11.1 Å². The summed E-state index contributed by atoms with van der Waals surface area (Å²) in [6.45, 7) is 0.938.